The van der Waals surface area contributed by atoms with E-state index in [1.807, 2.05) is 38.1 Å². The molecular weight excluding hydrogens is 268 g/mol. The summed E-state index contributed by atoms with van der Waals surface area (Å²) in [7, 11) is 0. The molecule has 114 valence electrons. The van der Waals surface area contributed by atoms with Crippen molar-refractivity contribution in [2.24, 2.45) is 11.7 Å². The molecule has 0 saturated heterocycles. The van der Waals surface area contributed by atoms with Crippen molar-refractivity contribution in [3.63, 3.8) is 0 Å². The zero-order chi connectivity index (χ0) is 15.6. The molecule has 2 rings (SSSR count). The summed E-state index contributed by atoms with van der Waals surface area (Å²) in [5.74, 6) is -1.06. The van der Waals surface area contributed by atoms with Crippen LogP contribution in [-0.2, 0) is 22.6 Å². The van der Waals surface area contributed by atoms with Crippen molar-refractivity contribution in [2.75, 3.05) is 0 Å². The molecule has 1 aromatic rings. The molecule has 2 unspecified atom stereocenters. The van der Waals surface area contributed by atoms with E-state index in [4.69, 9.17) is 5.73 Å². The molecule has 0 saturated carbocycles. The van der Waals surface area contributed by atoms with Crippen LogP contribution in [0.15, 0.2) is 24.3 Å². The number of carboxylic acids is 1. The topological polar surface area (TPSA) is 83.6 Å². The van der Waals surface area contributed by atoms with Crippen LogP contribution in [-0.4, -0.2) is 34.0 Å². The lowest BCUT2D eigenvalue weighted by Gasteiger charge is -2.30. The second-order valence-electron chi connectivity index (χ2n) is 6.03. The van der Waals surface area contributed by atoms with Gasteiger partial charge in [0.25, 0.3) is 0 Å². The minimum absolute atomic E-state index is 0.189. The largest absolute Gasteiger partial charge is 0.480 e. The molecule has 0 radical (unpaired) electrons. The first kappa shape index (κ1) is 15.5. The number of hydrogen-bond acceptors (Lipinski definition) is 3. The lowest BCUT2D eigenvalue weighted by Crippen LogP contribution is -2.50. The van der Waals surface area contributed by atoms with Gasteiger partial charge in [-0.3, -0.25) is 4.79 Å². The highest BCUT2D eigenvalue weighted by atomic mass is 16.4. The van der Waals surface area contributed by atoms with E-state index >= 15 is 0 Å². The third kappa shape index (κ3) is 3.42. The number of nitrogens with two attached hydrogens (primary N) is 1. The molecule has 21 heavy (non-hydrogen) atoms. The van der Waals surface area contributed by atoms with E-state index in [0.29, 0.717) is 19.4 Å². The number of benzene rings is 1. The first-order valence-corrected chi connectivity index (χ1v) is 7.25. The predicted molar refractivity (Wildman–Crippen MR) is 79.6 cm³/mol. The normalized spacial score (nSPS) is 20.1. The first-order chi connectivity index (χ1) is 9.90. The number of carbonyl (C=O) groups is 2. The zero-order valence-electron chi connectivity index (χ0n) is 12.5. The summed E-state index contributed by atoms with van der Waals surface area (Å²) in [6.45, 7) is 4.21. The molecule has 0 bridgehead atoms. The van der Waals surface area contributed by atoms with Crippen LogP contribution in [0.5, 0.6) is 0 Å². The Bertz CT molecular complexity index is 542. The van der Waals surface area contributed by atoms with Crippen LogP contribution in [0.1, 0.15) is 31.4 Å². The third-order valence-electron chi connectivity index (χ3n) is 3.86. The first-order valence-electron chi connectivity index (χ1n) is 7.25. The Morgan fingerprint density at radius 1 is 1.38 bits per heavy atom. The van der Waals surface area contributed by atoms with E-state index in [1.165, 1.54) is 4.90 Å². The van der Waals surface area contributed by atoms with Crippen LogP contribution in [0.4, 0.5) is 0 Å². The molecule has 2 atom stereocenters. The maximum absolute atomic E-state index is 12.5. The number of nitrogens with zero attached hydrogens (tertiary/aromatic N) is 1. The monoisotopic (exact) mass is 290 g/mol. The quantitative estimate of drug-likeness (QED) is 0.878. The van der Waals surface area contributed by atoms with Crippen molar-refractivity contribution in [3.8, 4) is 0 Å². The van der Waals surface area contributed by atoms with Crippen molar-refractivity contribution in [1.29, 1.82) is 0 Å². The summed E-state index contributed by atoms with van der Waals surface area (Å²) in [6, 6.07) is 6.19. The standard InChI is InChI=1S/C16H22N2O3/c1-10(2)7-14(16(20)21)18-9-12-6-4-3-5-11(12)8-13(17)15(18)19/h3-6,10,13-14H,7-9,17H2,1-2H3,(H,20,21). The van der Waals surface area contributed by atoms with Crippen molar-refractivity contribution < 1.29 is 14.7 Å². The number of carboxylic acid groups (broad SMARTS) is 1. The van der Waals surface area contributed by atoms with Crippen molar-refractivity contribution in [1.82, 2.24) is 4.90 Å². The van der Waals surface area contributed by atoms with Gasteiger partial charge in [0.05, 0.1) is 6.04 Å². The highest BCUT2D eigenvalue weighted by Gasteiger charge is 2.35. The predicted octanol–water partition coefficient (Wildman–Crippen LogP) is 1.40. The van der Waals surface area contributed by atoms with E-state index in [2.05, 4.69) is 0 Å². The SMILES string of the molecule is CC(C)CC(C(=O)O)N1Cc2ccccc2CC(N)C1=O. The maximum Gasteiger partial charge on any atom is 0.326 e. The Balaban J connectivity index is 2.36. The van der Waals surface area contributed by atoms with Crippen molar-refractivity contribution in [2.45, 2.75) is 45.3 Å². The van der Waals surface area contributed by atoms with E-state index in [0.717, 1.165) is 11.1 Å². The van der Waals surface area contributed by atoms with Gasteiger partial charge in [0.2, 0.25) is 5.91 Å². The molecule has 0 aliphatic carbocycles. The van der Waals surface area contributed by atoms with Crippen LogP contribution in [0, 0.1) is 5.92 Å². The summed E-state index contributed by atoms with van der Waals surface area (Å²) in [4.78, 5) is 25.5. The highest BCUT2D eigenvalue weighted by molar-refractivity contribution is 5.87. The molecule has 3 N–H and O–H groups in total. The van der Waals surface area contributed by atoms with Crippen LogP contribution in [0.3, 0.4) is 0 Å². The Kier molecular flexibility index (Phi) is 4.63. The number of fused-ring (bicyclic) bond motifs is 1. The van der Waals surface area contributed by atoms with Crippen molar-refractivity contribution in [3.05, 3.63) is 35.4 Å². The fourth-order valence-corrected chi connectivity index (χ4v) is 2.78. The van der Waals surface area contributed by atoms with Gasteiger partial charge in [-0.15, -0.1) is 0 Å². The second kappa shape index (κ2) is 6.26. The van der Waals surface area contributed by atoms with Gasteiger partial charge in [-0.2, -0.15) is 0 Å². The molecule has 1 aliphatic rings. The molecule has 0 spiro atoms. The fourth-order valence-electron chi connectivity index (χ4n) is 2.78. The number of aliphatic carboxylic acids is 1. The minimum atomic E-state index is -0.969. The molecule has 0 aromatic heterocycles. The fraction of sp³-hybridized carbons (Fsp3) is 0.500. The third-order valence-corrected chi connectivity index (χ3v) is 3.86. The number of carbonyl (C=O) groups excluding carboxylic acids is 1. The van der Waals surface area contributed by atoms with Gasteiger partial charge in [0.1, 0.15) is 6.04 Å². The molecule has 1 amide bonds. The smallest absolute Gasteiger partial charge is 0.326 e. The average molecular weight is 290 g/mol. The van der Waals surface area contributed by atoms with Crippen LogP contribution in [0.25, 0.3) is 0 Å². The molecule has 5 nitrogen and oxygen atoms in total. The van der Waals surface area contributed by atoms with Gasteiger partial charge >= 0.3 is 5.97 Å². The molecule has 1 aromatic carbocycles. The highest BCUT2D eigenvalue weighted by Crippen LogP contribution is 2.23. The van der Waals surface area contributed by atoms with Crippen LogP contribution >= 0.6 is 0 Å². The van der Waals surface area contributed by atoms with E-state index < -0.39 is 18.1 Å². The summed E-state index contributed by atoms with van der Waals surface area (Å²) in [5.41, 5.74) is 7.97. The van der Waals surface area contributed by atoms with E-state index in [9.17, 15) is 14.7 Å². The van der Waals surface area contributed by atoms with Gasteiger partial charge in [-0.1, -0.05) is 38.1 Å². The Morgan fingerprint density at radius 2 is 2.00 bits per heavy atom. The molecular formula is C16H22N2O3. The van der Waals surface area contributed by atoms with Crippen LogP contribution in [0.2, 0.25) is 0 Å². The lowest BCUT2D eigenvalue weighted by molar-refractivity contribution is -0.152. The average Bonchev–Trinajstić information content (AvgIpc) is 2.54. The number of rotatable bonds is 4. The summed E-state index contributed by atoms with van der Waals surface area (Å²) >= 11 is 0. The summed E-state index contributed by atoms with van der Waals surface area (Å²) in [6.07, 6.45) is 0.884. The van der Waals surface area contributed by atoms with Gasteiger partial charge in [-0.25, -0.2) is 4.79 Å². The summed E-state index contributed by atoms with van der Waals surface area (Å²) < 4.78 is 0. The second-order valence-corrected chi connectivity index (χ2v) is 6.03. The van der Waals surface area contributed by atoms with Gasteiger partial charge in [-0.05, 0) is 29.9 Å². The molecule has 1 heterocycles. The number of hydrogen-bond donors (Lipinski definition) is 2. The van der Waals surface area contributed by atoms with Gasteiger partial charge in [0.15, 0.2) is 0 Å². The minimum Gasteiger partial charge on any atom is -0.480 e. The zero-order valence-corrected chi connectivity index (χ0v) is 12.5. The number of amides is 1. The van der Waals surface area contributed by atoms with E-state index in [-0.39, 0.29) is 11.8 Å². The van der Waals surface area contributed by atoms with Gasteiger partial charge < -0.3 is 15.7 Å². The van der Waals surface area contributed by atoms with Crippen LogP contribution < -0.4 is 5.73 Å². The maximum atomic E-state index is 12.5. The lowest BCUT2D eigenvalue weighted by atomic mass is 10.0. The Hall–Kier alpha value is -1.88. The molecule has 1 aliphatic heterocycles. The van der Waals surface area contributed by atoms with Gasteiger partial charge in [0, 0.05) is 6.54 Å². The molecule has 5 heteroatoms. The van der Waals surface area contributed by atoms with Crippen molar-refractivity contribution >= 4 is 11.9 Å². The Morgan fingerprint density at radius 3 is 2.57 bits per heavy atom. The van der Waals surface area contributed by atoms with E-state index in [1.54, 1.807) is 0 Å². The summed E-state index contributed by atoms with van der Waals surface area (Å²) in [5, 5.41) is 9.48. The molecule has 0 fully saturated rings. The Labute approximate surface area is 124 Å².